The first-order valence-corrected chi connectivity index (χ1v) is 10.8. The fraction of sp³-hybridized carbons (Fsp3) is 0.192. The molecule has 0 atom stereocenters. The molecular formula is C26H23N3O4. The summed E-state index contributed by atoms with van der Waals surface area (Å²) in [6.07, 6.45) is 6.25. The van der Waals surface area contributed by atoms with Crippen molar-refractivity contribution in [1.29, 1.82) is 0 Å². The number of rotatable bonds is 2. The van der Waals surface area contributed by atoms with Crippen molar-refractivity contribution >= 4 is 29.0 Å². The minimum atomic E-state index is -0.982. The average Bonchev–Trinajstić information content (AvgIpc) is 2.83. The molecule has 1 heterocycles. The molecule has 0 aromatic heterocycles. The molecule has 0 spiro atoms. The average molecular weight is 441 g/mol. The number of carboxylic acids is 1. The maximum atomic E-state index is 12.6. The number of aliphatic imine (C=N–C) groups is 1. The molecule has 33 heavy (non-hydrogen) atoms. The summed E-state index contributed by atoms with van der Waals surface area (Å²) in [5, 5.41) is 9.80. The Morgan fingerprint density at radius 3 is 2.61 bits per heavy atom. The number of morpholine rings is 1. The Morgan fingerprint density at radius 1 is 1.03 bits per heavy atom. The molecule has 0 radical (unpaired) electrons. The van der Waals surface area contributed by atoms with Crippen LogP contribution in [0.5, 0.6) is 0 Å². The van der Waals surface area contributed by atoms with Gasteiger partial charge in [0.05, 0.1) is 24.5 Å². The Labute approximate surface area is 191 Å². The van der Waals surface area contributed by atoms with E-state index in [0.717, 1.165) is 27.8 Å². The number of hydrogen-bond donors (Lipinski definition) is 2. The molecule has 2 aromatic carbocycles. The molecule has 5 rings (SSSR count). The van der Waals surface area contributed by atoms with E-state index in [9.17, 15) is 14.7 Å². The van der Waals surface area contributed by atoms with Gasteiger partial charge in [0.15, 0.2) is 0 Å². The van der Waals surface area contributed by atoms with Crippen LogP contribution in [0.3, 0.4) is 0 Å². The zero-order valence-corrected chi connectivity index (χ0v) is 18.0. The molecule has 0 saturated carbocycles. The summed E-state index contributed by atoms with van der Waals surface area (Å²) in [5.41, 5.74) is 12.9. The van der Waals surface area contributed by atoms with E-state index in [-0.39, 0.29) is 11.6 Å². The van der Waals surface area contributed by atoms with Crippen molar-refractivity contribution in [1.82, 2.24) is 4.90 Å². The number of nitrogens with two attached hydrogens (primary N) is 1. The summed E-state index contributed by atoms with van der Waals surface area (Å²) in [7, 11) is 0. The number of hydrogen-bond acceptors (Lipinski definition) is 4. The lowest BCUT2D eigenvalue weighted by molar-refractivity contribution is 0.0555. The number of benzene rings is 2. The molecule has 0 unspecified atom stereocenters. The van der Waals surface area contributed by atoms with Crippen molar-refractivity contribution in [2.24, 2.45) is 4.99 Å². The van der Waals surface area contributed by atoms with Gasteiger partial charge in [-0.1, -0.05) is 30.3 Å². The third-order valence-electron chi connectivity index (χ3n) is 6.07. The van der Waals surface area contributed by atoms with Gasteiger partial charge in [-0.2, -0.15) is 4.99 Å². The van der Waals surface area contributed by atoms with Crippen molar-refractivity contribution < 1.29 is 19.4 Å². The van der Waals surface area contributed by atoms with Crippen LogP contribution in [0.15, 0.2) is 76.8 Å². The van der Waals surface area contributed by atoms with Gasteiger partial charge in [-0.25, -0.2) is 9.59 Å². The Morgan fingerprint density at radius 2 is 1.82 bits per heavy atom. The van der Waals surface area contributed by atoms with E-state index in [0.29, 0.717) is 49.7 Å². The molecule has 1 fully saturated rings. The first kappa shape index (κ1) is 20.9. The van der Waals surface area contributed by atoms with Crippen LogP contribution >= 0.6 is 0 Å². The van der Waals surface area contributed by atoms with Gasteiger partial charge < -0.3 is 20.5 Å². The highest BCUT2D eigenvalue weighted by atomic mass is 16.5. The fourth-order valence-electron chi connectivity index (χ4n) is 4.51. The second-order valence-electron chi connectivity index (χ2n) is 8.15. The maximum Gasteiger partial charge on any atom is 0.344 e. The van der Waals surface area contributed by atoms with Crippen molar-refractivity contribution in [3.63, 3.8) is 0 Å². The van der Waals surface area contributed by atoms with Crippen molar-refractivity contribution in [3.8, 4) is 0 Å². The number of carboxylic acid groups (broad SMARTS) is 1. The van der Waals surface area contributed by atoms with E-state index in [2.05, 4.69) is 4.99 Å². The summed E-state index contributed by atoms with van der Waals surface area (Å²) in [6, 6.07) is 12.4. The highest BCUT2D eigenvalue weighted by Gasteiger charge is 2.27. The van der Waals surface area contributed by atoms with Gasteiger partial charge >= 0.3 is 12.0 Å². The van der Waals surface area contributed by atoms with Gasteiger partial charge in [-0.15, -0.1) is 0 Å². The van der Waals surface area contributed by atoms with Crippen LogP contribution < -0.4 is 5.73 Å². The van der Waals surface area contributed by atoms with Crippen molar-refractivity contribution in [3.05, 3.63) is 94.1 Å². The summed E-state index contributed by atoms with van der Waals surface area (Å²) in [4.78, 5) is 30.6. The normalized spacial score (nSPS) is 18.6. The summed E-state index contributed by atoms with van der Waals surface area (Å²) in [6.45, 7) is 2.10. The van der Waals surface area contributed by atoms with E-state index in [1.54, 1.807) is 17.0 Å². The number of carbonyl (C=O) groups is 2. The largest absolute Gasteiger partial charge is 0.478 e. The zero-order chi connectivity index (χ0) is 22.9. The van der Waals surface area contributed by atoms with Crippen LogP contribution in [-0.2, 0) is 11.2 Å². The molecule has 2 aromatic rings. The molecule has 2 amide bonds. The minimum absolute atomic E-state index is 0.236. The highest BCUT2D eigenvalue weighted by Crippen LogP contribution is 2.42. The van der Waals surface area contributed by atoms with Crippen LogP contribution in [-0.4, -0.2) is 54.0 Å². The summed E-state index contributed by atoms with van der Waals surface area (Å²) < 4.78 is 5.31. The highest BCUT2D eigenvalue weighted by molar-refractivity contribution is 6.13. The monoisotopic (exact) mass is 441 g/mol. The van der Waals surface area contributed by atoms with Crippen LogP contribution in [0.4, 0.5) is 10.5 Å². The minimum Gasteiger partial charge on any atom is -0.478 e. The van der Waals surface area contributed by atoms with Gasteiger partial charge in [0.1, 0.15) is 0 Å². The Balaban J connectivity index is 1.62. The molecule has 2 aliphatic carbocycles. The van der Waals surface area contributed by atoms with E-state index in [1.807, 2.05) is 48.6 Å². The number of carbonyl (C=O) groups excluding carboxylic acids is 1. The molecule has 3 N–H and O–H groups in total. The van der Waals surface area contributed by atoms with E-state index < -0.39 is 5.97 Å². The maximum absolute atomic E-state index is 12.6. The number of aromatic carboxylic acids is 1. The van der Waals surface area contributed by atoms with Gasteiger partial charge in [-0.3, -0.25) is 0 Å². The second kappa shape index (κ2) is 8.52. The lowest BCUT2D eigenvalue weighted by Crippen LogP contribution is -2.39. The standard InChI is InChI=1S/C26H23N3O4/c27-18-5-7-20-16(14-18)13-17-15-19(28-26(32)29-9-11-33-12-10-29)6-8-21(17)24(20)22-3-1-2-4-23(22)25(30)31/h1-8,14-15H,9-13,27H2,(H,30,31). The first-order chi connectivity index (χ1) is 16.0. The fourth-order valence-corrected chi connectivity index (χ4v) is 4.51. The Kier molecular flexibility index (Phi) is 5.40. The number of ether oxygens (including phenoxy) is 1. The molecular weight excluding hydrogens is 418 g/mol. The molecule has 3 aliphatic rings. The smallest absolute Gasteiger partial charge is 0.344 e. The van der Waals surface area contributed by atoms with Crippen LogP contribution in [0, 0.1) is 0 Å². The van der Waals surface area contributed by atoms with Crippen molar-refractivity contribution in [2.75, 3.05) is 32.0 Å². The molecule has 1 aliphatic heterocycles. The SMILES string of the molecule is Nc1ccc2c(c1)CC1=CC(=NC(=O)N3CCOCC3)C=CC1=C2c1ccccc1C(=O)O. The first-order valence-electron chi connectivity index (χ1n) is 10.8. The third-order valence-corrected chi connectivity index (χ3v) is 6.07. The lowest BCUT2D eigenvalue weighted by Gasteiger charge is -2.28. The van der Waals surface area contributed by atoms with Crippen LogP contribution in [0.2, 0.25) is 0 Å². The predicted molar refractivity (Wildman–Crippen MR) is 126 cm³/mol. The molecule has 166 valence electrons. The number of amides is 2. The van der Waals surface area contributed by atoms with Gasteiger partial charge in [0, 0.05) is 18.8 Å². The molecule has 7 nitrogen and oxygen atoms in total. The quantitative estimate of drug-likeness (QED) is 0.691. The van der Waals surface area contributed by atoms with Crippen LogP contribution in [0.25, 0.3) is 5.57 Å². The number of fused-ring (bicyclic) bond motifs is 2. The predicted octanol–water partition coefficient (Wildman–Crippen LogP) is 3.71. The number of urea groups is 1. The lowest BCUT2D eigenvalue weighted by atomic mass is 9.76. The van der Waals surface area contributed by atoms with Crippen molar-refractivity contribution in [2.45, 2.75) is 6.42 Å². The summed E-state index contributed by atoms with van der Waals surface area (Å²) in [5.74, 6) is -0.982. The number of allylic oxidation sites excluding steroid dienone is 5. The molecule has 1 saturated heterocycles. The number of anilines is 1. The van der Waals surface area contributed by atoms with E-state index in [4.69, 9.17) is 10.5 Å². The van der Waals surface area contributed by atoms with Crippen LogP contribution in [0.1, 0.15) is 27.0 Å². The van der Waals surface area contributed by atoms with E-state index in [1.165, 1.54) is 0 Å². The topological polar surface area (TPSA) is 105 Å². The Bertz CT molecular complexity index is 1280. The molecule has 7 heteroatoms. The van der Waals surface area contributed by atoms with Gasteiger partial charge in [0.25, 0.3) is 0 Å². The Hall–Kier alpha value is -3.97. The van der Waals surface area contributed by atoms with Gasteiger partial charge in [-0.05, 0) is 70.2 Å². The number of nitrogen functional groups attached to an aromatic ring is 1. The summed E-state index contributed by atoms with van der Waals surface area (Å²) >= 11 is 0. The van der Waals surface area contributed by atoms with Gasteiger partial charge in [0.2, 0.25) is 0 Å². The zero-order valence-electron chi connectivity index (χ0n) is 18.0. The third kappa shape index (κ3) is 3.99. The second-order valence-corrected chi connectivity index (χ2v) is 8.15. The van der Waals surface area contributed by atoms with E-state index >= 15 is 0 Å². The number of nitrogens with zero attached hydrogens (tertiary/aromatic N) is 2. The molecule has 0 bridgehead atoms.